The summed E-state index contributed by atoms with van der Waals surface area (Å²) in [4.78, 5) is 2.58. The van der Waals surface area contributed by atoms with Crippen molar-refractivity contribution in [2.75, 3.05) is 13.6 Å². The second-order valence-corrected chi connectivity index (χ2v) is 6.08. The van der Waals surface area contributed by atoms with E-state index < -0.39 is 0 Å². The van der Waals surface area contributed by atoms with E-state index in [1.807, 2.05) is 0 Å². The lowest BCUT2D eigenvalue weighted by molar-refractivity contribution is 0.226. The Labute approximate surface area is 89.9 Å². The van der Waals surface area contributed by atoms with E-state index in [0.717, 1.165) is 6.04 Å². The number of nitrogens with zero attached hydrogens (tertiary/aromatic N) is 1. The molecule has 1 saturated carbocycles. The second-order valence-electron chi connectivity index (χ2n) is 6.08. The summed E-state index contributed by atoms with van der Waals surface area (Å²) in [5, 5.41) is 0. The lowest BCUT2D eigenvalue weighted by atomic mass is 9.90. The van der Waals surface area contributed by atoms with Gasteiger partial charge in [-0.2, -0.15) is 0 Å². The Balaban J connectivity index is 2.11. The Bertz CT molecular complexity index is 151. The molecule has 14 heavy (non-hydrogen) atoms. The third-order valence-corrected chi connectivity index (χ3v) is 3.39. The summed E-state index contributed by atoms with van der Waals surface area (Å²) in [5.41, 5.74) is 0.510. The second kappa shape index (κ2) is 5.16. The van der Waals surface area contributed by atoms with E-state index in [4.69, 9.17) is 0 Å². The monoisotopic (exact) mass is 197 g/mol. The molecule has 0 aromatic rings. The molecule has 0 heterocycles. The molecule has 0 saturated heterocycles. The molecule has 1 heteroatoms. The van der Waals surface area contributed by atoms with E-state index >= 15 is 0 Å². The Morgan fingerprint density at radius 3 is 2.21 bits per heavy atom. The first-order valence-corrected chi connectivity index (χ1v) is 6.19. The zero-order valence-electron chi connectivity index (χ0n) is 10.5. The molecule has 1 rings (SSSR count). The van der Waals surface area contributed by atoms with Crippen LogP contribution in [0.5, 0.6) is 0 Å². The van der Waals surface area contributed by atoms with Crippen LogP contribution < -0.4 is 0 Å². The summed E-state index contributed by atoms with van der Waals surface area (Å²) in [6.07, 6.45) is 8.49. The van der Waals surface area contributed by atoms with Crippen molar-refractivity contribution in [2.24, 2.45) is 5.41 Å². The first kappa shape index (κ1) is 12.0. The quantitative estimate of drug-likeness (QED) is 0.664. The van der Waals surface area contributed by atoms with E-state index in [9.17, 15) is 0 Å². The normalized spacial score (nSPS) is 19.5. The highest BCUT2D eigenvalue weighted by molar-refractivity contribution is 4.75. The van der Waals surface area contributed by atoms with Crippen LogP contribution in [0.3, 0.4) is 0 Å². The van der Waals surface area contributed by atoms with E-state index in [-0.39, 0.29) is 0 Å². The third kappa shape index (κ3) is 4.45. The molecule has 1 aliphatic carbocycles. The summed E-state index contributed by atoms with van der Waals surface area (Å²) in [6, 6.07) is 0.898. The maximum absolute atomic E-state index is 2.58. The van der Waals surface area contributed by atoms with Gasteiger partial charge in [0.25, 0.3) is 0 Å². The van der Waals surface area contributed by atoms with E-state index in [0.29, 0.717) is 5.41 Å². The van der Waals surface area contributed by atoms with Crippen LogP contribution in [0.15, 0.2) is 0 Å². The molecule has 0 atom stereocenters. The van der Waals surface area contributed by atoms with Crippen molar-refractivity contribution in [1.82, 2.24) is 4.90 Å². The lowest BCUT2D eigenvalue weighted by Crippen LogP contribution is -2.30. The average Bonchev–Trinajstić information content (AvgIpc) is 2.53. The molecule has 0 aromatic carbocycles. The van der Waals surface area contributed by atoms with Gasteiger partial charge in [-0.05, 0) is 44.7 Å². The molecule has 0 aliphatic heterocycles. The summed E-state index contributed by atoms with van der Waals surface area (Å²) in [7, 11) is 2.30. The SMILES string of the molecule is CN(CCCC(C)(C)C)C1CCCC1. The highest BCUT2D eigenvalue weighted by Crippen LogP contribution is 2.24. The van der Waals surface area contributed by atoms with Crippen molar-refractivity contribution in [3.05, 3.63) is 0 Å². The smallest absolute Gasteiger partial charge is 0.00922 e. The molecule has 0 spiro atoms. The van der Waals surface area contributed by atoms with Crippen molar-refractivity contribution >= 4 is 0 Å². The topological polar surface area (TPSA) is 3.24 Å². The Morgan fingerprint density at radius 2 is 1.71 bits per heavy atom. The minimum atomic E-state index is 0.510. The molecular formula is C13H27N. The number of hydrogen-bond donors (Lipinski definition) is 0. The number of rotatable bonds is 4. The minimum absolute atomic E-state index is 0.510. The molecule has 1 aliphatic rings. The summed E-state index contributed by atoms with van der Waals surface area (Å²) >= 11 is 0. The molecule has 0 unspecified atom stereocenters. The molecule has 84 valence electrons. The largest absolute Gasteiger partial charge is 0.303 e. The summed E-state index contributed by atoms with van der Waals surface area (Å²) in [6.45, 7) is 8.30. The summed E-state index contributed by atoms with van der Waals surface area (Å²) in [5.74, 6) is 0. The zero-order chi connectivity index (χ0) is 10.6. The molecule has 0 N–H and O–H groups in total. The Kier molecular flexibility index (Phi) is 4.43. The van der Waals surface area contributed by atoms with Gasteiger partial charge in [0.15, 0.2) is 0 Å². The average molecular weight is 197 g/mol. The standard InChI is InChI=1S/C13H27N/c1-13(2,3)10-7-11-14(4)12-8-5-6-9-12/h12H,5-11H2,1-4H3. The van der Waals surface area contributed by atoms with Crippen LogP contribution in [0, 0.1) is 5.41 Å². The maximum Gasteiger partial charge on any atom is 0.00922 e. The molecule has 0 radical (unpaired) electrons. The Hall–Kier alpha value is -0.0400. The van der Waals surface area contributed by atoms with Gasteiger partial charge in [0.2, 0.25) is 0 Å². The van der Waals surface area contributed by atoms with E-state index in [1.54, 1.807) is 0 Å². The zero-order valence-corrected chi connectivity index (χ0v) is 10.5. The van der Waals surface area contributed by atoms with Crippen LogP contribution in [0.25, 0.3) is 0 Å². The third-order valence-electron chi connectivity index (χ3n) is 3.39. The number of hydrogen-bond acceptors (Lipinski definition) is 1. The van der Waals surface area contributed by atoms with Crippen LogP contribution in [0.1, 0.15) is 59.3 Å². The predicted molar refractivity (Wildman–Crippen MR) is 63.6 cm³/mol. The van der Waals surface area contributed by atoms with Gasteiger partial charge in [-0.25, -0.2) is 0 Å². The molecule has 0 bridgehead atoms. The van der Waals surface area contributed by atoms with Crippen LogP contribution in [-0.2, 0) is 0 Å². The maximum atomic E-state index is 2.58. The van der Waals surface area contributed by atoms with Gasteiger partial charge in [0.05, 0.1) is 0 Å². The van der Waals surface area contributed by atoms with Crippen LogP contribution in [-0.4, -0.2) is 24.5 Å². The molecular weight excluding hydrogens is 170 g/mol. The van der Waals surface area contributed by atoms with E-state index in [1.165, 1.54) is 45.1 Å². The fourth-order valence-corrected chi connectivity index (χ4v) is 2.39. The molecule has 1 fully saturated rings. The van der Waals surface area contributed by atoms with Crippen LogP contribution in [0.2, 0.25) is 0 Å². The van der Waals surface area contributed by atoms with Crippen molar-refractivity contribution in [3.63, 3.8) is 0 Å². The first-order valence-electron chi connectivity index (χ1n) is 6.19. The Morgan fingerprint density at radius 1 is 1.14 bits per heavy atom. The van der Waals surface area contributed by atoms with Crippen LogP contribution in [0.4, 0.5) is 0 Å². The van der Waals surface area contributed by atoms with Gasteiger partial charge in [-0.15, -0.1) is 0 Å². The molecule has 0 aromatic heterocycles. The lowest BCUT2D eigenvalue weighted by Gasteiger charge is -2.26. The predicted octanol–water partition coefficient (Wildman–Crippen LogP) is 3.69. The van der Waals surface area contributed by atoms with Gasteiger partial charge in [0.1, 0.15) is 0 Å². The summed E-state index contributed by atoms with van der Waals surface area (Å²) < 4.78 is 0. The minimum Gasteiger partial charge on any atom is -0.303 e. The highest BCUT2D eigenvalue weighted by atomic mass is 15.1. The van der Waals surface area contributed by atoms with Gasteiger partial charge < -0.3 is 4.90 Å². The highest BCUT2D eigenvalue weighted by Gasteiger charge is 2.19. The van der Waals surface area contributed by atoms with Crippen LogP contribution >= 0.6 is 0 Å². The van der Waals surface area contributed by atoms with Crippen molar-refractivity contribution < 1.29 is 0 Å². The molecule has 0 amide bonds. The first-order chi connectivity index (χ1) is 6.49. The van der Waals surface area contributed by atoms with Crippen molar-refractivity contribution in [1.29, 1.82) is 0 Å². The fraction of sp³-hybridized carbons (Fsp3) is 1.00. The molecule has 1 nitrogen and oxygen atoms in total. The van der Waals surface area contributed by atoms with Gasteiger partial charge in [-0.1, -0.05) is 33.6 Å². The fourth-order valence-electron chi connectivity index (χ4n) is 2.39. The van der Waals surface area contributed by atoms with Crippen molar-refractivity contribution in [2.45, 2.75) is 65.3 Å². The van der Waals surface area contributed by atoms with E-state index in [2.05, 4.69) is 32.7 Å². The van der Waals surface area contributed by atoms with Gasteiger partial charge in [0, 0.05) is 6.04 Å². The van der Waals surface area contributed by atoms with Crippen molar-refractivity contribution in [3.8, 4) is 0 Å². The van der Waals surface area contributed by atoms with Gasteiger partial charge in [-0.3, -0.25) is 0 Å². The van der Waals surface area contributed by atoms with Gasteiger partial charge >= 0.3 is 0 Å².